The maximum atomic E-state index is 12.6. The lowest BCUT2D eigenvalue weighted by Gasteiger charge is -2.31. The average molecular weight is 314 g/mol. The van der Waals surface area contributed by atoms with Crippen LogP contribution in [0.1, 0.15) is 37.8 Å². The van der Waals surface area contributed by atoms with Crippen LogP contribution < -0.4 is 4.74 Å². The maximum Gasteiger partial charge on any atom is 0.240 e. The van der Waals surface area contributed by atoms with E-state index in [1.54, 1.807) is 7.11 Å². The first kappa shape index (κ1) is 17.3. The van der Waals surface area contributed by atoms with Crippen molar-refractivity contribution >= 4 is 5.91 Å². The molecule has 23 heavy (non-hydrogen) atoms. The van der Waals surface area contributed by atoms with E-state index >= 15 is 0 Å². The number of nitriles is 1. The molecule has 0 aromatic heterocycles. The van der Waals surface area contributed by atoms with Gasteiger partial charge in [0.2, 0.25) is 5.91 Å². The van der Waals surface area contributed by atoms with E-state index in [4.69, 9.17) is 4.74 Å². The summed E-state index contributed by atoms with van der Waals surface area (Å²) in [7, 11) is 1.66. The quantitative estimate of drug-likeness (QED) is 0.838. The van der Waals surface area contributed by atoms with Crippen molar-refractivity contribution in [1.29, 1.82) is 5.26 Å². The predicted octanol–water partition coefficient (Wildman–Crippen LogP) is 3.20. The van der Waals surface area contributed by atoms with E-state index in [2.05, 4.69) is 26.0 Å². The van der Waals surface area contributed by atoms with E-state index in [0.717, 1.165) is 49.2 Å². The highest BCUT2D eigenvalue weighted by atomic mass is 16.5. The molecule has 1 saturated heterocycles. The lowest BCUT2D eigenvalue weighted by atomic mass is 9.94. The summed E-state index contributed by atoms with van der Waals surface area (Å²) in [5.41, 5.74) is 2.13. The highest BCUT2D eigenvalue weighted by molar-refractivity contribution is 5.81. The summed E-state index contributed by atoms with van der Waals surface area (Å²) in [6.07, 6.45) is 3.41. The fourth-order valence-electron chi connectivity index (χ4n) is 3.11. The largest absolute Gasteiger partial charge is 0.496 e. The van der Waals surface area contributed by atoms with Crippen LogP contribution in [0.3, 0.4) is 0 Å². The summed E-state index contributed by atoms with van der Waals surface area (Å²) in [5.74, 6) is 0.921. The van der Waals surface area contributed by atoms with E-state index < -0.39 is 5.92 Å². The number of hydrogen-bond acceptors (Lipinski definition) is 3. The van der Waals surface area contributed by atoms with Gasteiger partial charge in [0.25, 0.3) is 0 Å². The highest BCUT2D eigenvalue weighted by Gasteiger charge is 2.27. The Morgan fingerprint density at radius 3 is 2.70 bits per heavy atom. The summed E-state index contributed by atoms with van der Waals surface area (Å²) in [6.45, 7) is 5.85. The monoisotopic (exact) mass is 314 g/mol. The van der Waals surface area contributed by atoms with Gasteiger partial charge in [0, 0.05) is 13.1 Å². The van der Waals surface area contributed by atoms with Crippen LogP contribution >= 0.6 is 0 Å². The van der Waals surface area contributed by atoms with Gasteiger partial charge in [-0.05, 0) is 48.8 Å². The van der Waals surface area contributed by atoms with Crippen molar-refractivity contribution in [2.24, 2.45) is 11.8 Å². The molecule has 4 nitrogen and oxygen atoms in total. The van der Waals surface area contributed by atoms with Crippen LogP contribution in [0.5, 0.6) is 5.75 Å². The van der Waals surface area contributed by atoms with Gasteiger partial charge in [-0.3, -0.25) is 4.79 Å². The zero-order valence-corrected chi connectivity index (χ0v) is 14.3. The van der Waals surface area contributed by atoms with Crippen molar-refractivity contribution in [1.82, 2.24) is 4.90 Å². The smallest absolute Gasteiger partial charge is 0.240 e. The number of aryl methyl sites for hydroxylation is 1. The van der Waals surface area contributed by atoms with Gasteiger partial charge in [-0.1, -0.05) is 26.0 Å². The molecule has 0 aliphatic carbocycles. The zero-order valence-electron chi connectivity index (χ0n) is 14.3. The van der Waals surface area contributed by atoms with Gasteiger partial charge in [-0.25, -0.2) is 0 Å². The molecule has 2 rings (SSSR count). The molecule has 1 aromatic carbocycles. The van der Waals surface area contributed by atoms with Crippen LogP contribution in [0.4, 0.5) is 0 Å². The van der Waals surface area contributed by atoms with Crippen molar-refractivity contribution in [3.8, 4) is 11.8 Å². The second kappa shape index (κ2) is 8.01. The lowest BCUT2D eigenvalue weighted by Crippen LogP contribution is -2.41. The lowest BCUT2D eigenvalue weighted by molar-refractivity contribution is -0.135. The SMILES string of the molecule is CCc1cc(CC(C#N)C(=O)N2CCC(C)CC2)ccc1OC. The molecule has 0 saturated carbocycles. The van der Waals surface area contributed by atoms with Crippen LogP contribution in [-0.4, -0.2) is 31.0 Å². The minimum atomic E-state index is -0.596. The van der Waals surface area contributed by atoms with Gasteiger partial charge >= 0.3 is 0 Å². The van der Waals surface area contributed by atoms with Crippen molar-refractivity contribution in [3.63, 3.8) is 0 Å². The molecule has 0 N–H and O–H groups in total. The Morgan fingerprint density at radius 1 is 1.43 bits per heavy atom. The Bertz CT molecular complexity index is 584. The summed E-state index contributed by atoms with van der Waals surface area (Å²) >= 11 is 0. The summed E-state index contributed by atoms with van der Waals surface area (Å²) < 4.78 is 5.34. The number of rotatable bonds is 5. The number of benzene rings is 1. The first-order valence-electron chi connectivity index (χ1n) is 8.43. The fraction of sp³-hybridized carbons (Fsp3) is 0.579. The first-order valence-corrected chi connectivity index (χ1v) is 8.43. The third-order valence-electron chi connectivity index (χ3n) is 4.71. The zero-order chi connectivity index (χ0) is 16.8. The Balaban J connectivity index is 2.07. The molecule has 1 amide bonds. The molecule has 124 valence electrons. The Morgan fingerprint density at radius 2 is 2.13 bits per heavy atom. The third-order valence-corrected chi connectivity index (χ3v) is 4.71. The number of methoxy groups -OCH3 is 1. The number of carbonyl (C=O) groups is 1. The Kier molecular flexibility index (Phi) is 6.04. The number of nitrogens with zero attached hydrogens (tertiary/aromatic N) is 2. The molecule has 1 aromatic rings. The number of piperidine rings is 1. The van der Waals surface area contributed by atoms with Gasteiger partial charge in [0.1, 0.15) is 11.7 Å². The van der Waals surface area contributed by atoms with Crippen molar-refractivity contribution in [3.05, 3.63) is 29.3 Å². The van der Waals surface area contributed by atoms with E-state index in [9.17, 15) is 10.1 Å². The number of likely N-dealkylation sites (tertiary alicyclic amines) is 1. The van der Waals surface area contributed by atoms with E-state index in [1.165, 1.54) is 0 Å². The maximum absolute atomic E-state index is 12.6. The number of carbonyl (C=O) groups excluding carboxylic acids is 1. The molecule has 0 spiro atoms. The second-order valence-electron chi connectivity index (χ2n) is 6.39. The minimum Gasteiger partial charge on any atom is -0.496 e. The molecule has 1 atom stereocenters. The fourth-order valence-corrected chi connectivity index (χ4v) is 3.11. The number of hydrogen-bond donors (Lipinski definition) is 0. The molecular weight excluding hydrogens is 288 g/mol. The van der Waals surface area contributed by atoms with Crippen LogP contribution in [-0.2, 0) is 17.6 Å². The van der Waals surface area contributed by atoms with E-state index in [0.29, 0.717) is 12.3 Å². The standard InChI is InChI=1S/C19H26N2O2/c1-4-16-11-15(5-6-18(16)23-3)12-17(13-20)19(22)21-9-7-14(2)8-10-21/h5-6,11,14,17H,4,7-10,12H2,1-3H3. The molecule has 1 fully saturated rings. The van der Waals surface area contributed by atoms with Gasteiger partial charge < -0.3 is 9.64 Å². The summed E-state index contributed by atoms with van der Waals surface area (Å²) in [6, 6.07) is 8.13. The highest BCUT2D eigenvalue weighted by Crippen LogP contribution is 2.23. The average Bonchev–Trinajstić information content (AvgIpc) is 2.59. The van der Waals surface area contributed by atoms with E-state index in [1.807, 2.05) is 17.0 Å². The molecule has 4 heteroatoms. The van der Waals surface area contributed by atoms with Crippen LogP contribution in [0.2, 0.25) is 0 Å². The van der Waals surface area contributed by atoms with Crippen molar-refractivity contribution in [2.45, 2.75) is 39.5 Å². The van der Waals surface area contributed by atoms with E-state index in [-0.39, 0.29) is 5.91 Å². The molecule has 0 bridgehead atoms. The normalized spacial score (nSPS) is 16.7. The third kappa shape index (κ3) is 4.25. The molecule has 0 radical (unpaired) electrons. The molecule has 1 unspecified atom stereocenters. The number of amides is 1. The molecule has 1 aliphatic heterocycles. The van der Waals surface area contributed by atoms with Crippen molar-refractivity contribution in [2.75, 3.05) is 20.2 Å². The molecular formula is C19H26N2O2. The van der Waals surface area contributed by atoms with Crippen LogP contribution in [0, 0.1) is 23.2 Å². The minimum absolute atomic E-state index is 0.0201. The molecule has 1 aliphatic rings. The van der Waals surface area contributed by atoms with Gasteiger partial charge in [-0.2, -0.15) is 5.26 Å². The Labute approximate surface area is 139 Å². The first-order chi connectivity index (χ1) is 11.1. The van der Waals surface area contributed by atoms with Gasteiger partial charge in [-0.15, -0.1) is 0 Å². The number of ether oxygens (including phenoxy) is 1. The van der Waals surface area contributed by atoms with Crippen LogP contribution in [0.25, 0.3) is 0 Å². The second-order valence-corrected chi connectivity index (χ2v) is 6.39. The van der Waals surface area contributed by atoms with Gasteiger partial charge in [0.05, 0.1) is 13.2 Å². The summed E-state index contributed by atoms with van der Waals surface area (Å²) in [4.78, 5) is 14.5. The topological polar surface area (TPSA) is 53.3 Å². The predicted molar refractivity (Wildman–Crippen MR) is 90.2 cm³/mol. The molecule has 1 heterocycles. The van der Waals surface area contributed by atoms with Crippen LogP contribution in [0.15, 0.2) is 18.2 Å². The summed E-state index contributed by atoms with van der Waals surface area (Å²) in [5, 5.41) is 9.45. The van der Waals surface area contributed by atoms with Gasteiger partial charge in [0.15, 0.2) is 0 Å². The van der Waals surface area contributed by atoms with Crippen molar-refractivity contribution < 1.29 is 9.53 Å². The Hall–Kier alpha value is -2.02.